The third kappa shape index (κ3) is 4.94. The molecule has 0 bridgehead atoms. The van der Waals surface area contributed by atoms with Gasteiger partial charge in [-0.25, -0.2) is 8.42 Å². The molecular weight excluding hydrogens is 442 g/mol. The average Bonchev–Trinajstić information content (AvgIpc) is 3.12. The fourth-order valence-corrected chi connectivity index (χ4v) is 4.83. The summed E-state index contributed by atoms with van der Waals surface area (Å²) in [4.78, 5) is 37.3. The molecule has 0 radical (unpaired) electrons. The summed E-state index contributed by atoms with van der Waals surface area (Å²) >= 11 is 0. The standard InChI is InChI=1S/C24H23N3O5S/c1-26(33(31,32)21-11-8-18-4-2-3-5-19(18)14-21)16-22(28)25-20-9-6-17(7-10-20)15-27-23(29)12-13-24(27)30/h2-11,14H,12-13,15-16H2,1H3,(H,25,28). The number of sulfonamides is 1. The van der Waals surface area contributed by atoms with Crippen molar-refractivity contribution in [2.45, 2.75) is 24.3 Å². The number of fused-ring (bicyclic) bond motifs is 1. The van der Waals surface area contributed by atoms with Crippen LogP contribution in [0.15, 0.2) is 71.6 Å². The minimum atomic E-state index is -3.85. The molecule has 0 saturated carbocycles. The van der Waals surface area contributed by atoms with Gasteiger partial charge >= 0.3 is 0 Å². The molecule has 3 amide bonds. The highest BCUT2D eigenvalue weighted by Crippen LogP contribution is 2.22. The molecule has 0 unspecified atom stereocenters. The Morgan fingerprint density at radius 2 is 1.58 bits per heavy atom. The van der Waals surface area contributed by atoms with Crippen LogP contribution in [0.5, 0.6) is 0 Å². The number of carbonyl (C=O) groups excluding carboxylic acids is 3. The van der Waals surface area contributed by atoms with Crippen LogP contribution in [0.3, 0.4) is 0 Å². The van der Waals surface area contributed by atoms with Crippen LogP contribution in [-0.2, 0) is 31.0 Å². The van der Waals surface area contributed by atoms with Crippen molar-refractivity contribution in [3.63, 3.8) is 0 Å². The normalized spacial score (nSPS) is 14.3. The Balaban J connectivity index is 1.38. The summed E-state index contributed by atoms with van der Waals surface area (Å²) in [7, 11) is -2.49. The van der Waals surface area contributed by atoms with Gasteiger partial charge in [-0.3, -0.25) is 19.3 Å². The van der Waals surface area contributed by atoms with E-state index in [2.05, 4.69) is 5.32 Å². The molecule has 3 aromatic carbocycles. The molecular formula is C24H23N3O5S. The number of benzene rings is 3. The maximum absolute atomic E-state index is 12.9. The lowest BCUT2D eigenvalue weighted by Gasteiger charge is -2.17. The van der Waals surface area contributed by atoms with Gasteiger partial charge in [-0.05, 0) is 40.6 Å². The number of amides is 3. The monoisotopic (exact) mass is 465 g/mol. The molecule has 1 heterocycles. The maximum atomic E-state index is 12.9. The van der Waals surface area contributed by atoms with Crippen LogP contribution >= 0.6 is 0 Å². The number of carbonyl (C=O) groups is 3. The topological polar surface area (TPSA) is 104 Å². The van der Waals surface area contributed by atoms with Gasteiger partial charge in [0, 0.05) is 25.6 Å². The highest BCUT2D eigenvalue weighted by Gasteiger charge is 2.28. The average molecular weight is 466 g/mol. The first-order valence-corrected chi connectivity index (χ1v) is 11.9. The highest BCUT2D eigenvalue weighted by molar-refractivity contribution is 7.89. The second-order valence-corrected chi connectivity index (χ2v) is 9.93. The van der Waals surface area contributed by atoms with Gasteiger partial charge in [0.15, 0.2) is 0 Å². The molecule has 170 valence electrons. The van der Waals surface area contributed by atoms with Crippen LogP contribution in [0, 0.1) is 0 Å². The summed E-state index contributed by atoms with van der Waals surface area (Å²) in [6, 6.07) is 19.0. The van der Waals surface area contributed by atoms with Crippen molar-refractivity contribution in [1.29, 1.82) is 0 Å². The summed E-state index contributed by atoms with van der Waals surface area (Å²) in [6.07, 6.45) is 0.477. The predicted octanol–water partition coefficient (Wildman–Crippen LogP) is 2.75. The van der Waals surface area contributed by atoms with E-state index in [1.54, 1.807) is 36.4 Å². The van der Waals surface area contributed by atoms with Crippen LogP contribution in [0.4, 0.5) is 5.69 Å². The fraction of sp³-hybridized carbons (Fsp3) is 0.208. The molecule has 0 atom stereocenters. The van der Waals surface area contributed by atoms with E-state index in [0.717, 1.165) is 20.6 Å². The Morgan fingerprint density at radius 3 is 2.24 bits per heavy atom. The number of anilines is 1. The molecule has 8 nitrogen and oxygen atoms in total. The Kier molecular flexibility index (Phi) is 6.26. The van der Waals surface area contributed by atoms with Crippen molar-refractivity contribution in [1.82, 2.24) is 9.21 Å². The fourth-order valence-electron chi connectivity index (χ4n) is 3.67. The smallest absolute Gasteiger partial charge is 0.243 e. The van der Waals surface area contributed by atoms with Crippen LogP contribution < -0.4 is 5.32 Å². The van der Waals surface area contributed by atoms with E-state index in [4.69, 9.17) is 0 Å². The highest BCUT2D eigenvalue weighted by atomic mass is 32.2. The lowest BCUT2D eigenvalue weighted by Crippen LogP contribution is -2.35. The lowest BCUT2D eigenvalue weighted by atomic mass is 10.1. The molecule has 1 fully saturated rings. The van der Waals surface area contributed by atoms with E-state index in [0.29, 0.717) is 5.69 Å². The zero-order valence-corrected chi connectivity index (χ0v) is 18.8. The molecule has 0 aliphatic carbocycles. The van der Waals surface area contributed by atoms with Crippen molar-refractivity contribution in [3.8, 4) is 0 Å². The summed E-state index contributed by atoms with van der Waals surface area (Å²) in [6.45, 7) is -0.160. The quantitative estimate of drug-likeness (QED) is 0.541. The number of hydrogen-bond donors (Lipinski definition) is 1. The Bertz CT molecular complexity index is 1320. The van der Waals surface area contributed by atoms with Crippen LogP contribution in [0.2, 0.25) is 0 Å². The largest absolute Gasteiger partial charge is 0.325 e. The Labute approximate surface area is 191 Å². The van der Waals surface area contributed by atoms with Gasteiger partial charge in [-0.1, -0.05) is 42.5 Å². The lowest BCUT2D eigenvalue weighted by molar-refractivity contribution is -0.139. The van der Waals surface area contributed by atoms with E-state index < -0.39 is 15.9 Å². The van der Waals surface area contributed by atoms with Crippen molar-refractivity contribution in [2.75, 3.05) is 18.9 Å². The SMILES string of the molecule is CN(CC(=O)Nc1ccc(CN2C(=O)CCC2=O)cc1)S(=O)(=O)c1ccc2ccccc2c1. The number of likely N-dealkylation sites (N-methyl/N-ethyl adjacent to an activating group) is 1. The van der Waals surface area contributed by atoms with Crippen molar-refractivity contribution >= 4 is 44.2 Å². The molecule has 3 aromatic rings. The maximum Gasteiger partial charge on any atom is 0.243 e. The molecule has 0 spiro atoms. The number of rotatable bonds is 7. The third-order valence-corrected chi connectivity index (χ3v) is 7.33. The first kappa shape index (κ1) is 22.6. The summed E-state index contributed by atoms with van der Waals surface area (Å²) in [5.74, 6) is -0.861. The zero-order valence-electron chi connectivity index (χ0n) is 18.0. The van der Waals surface area contributed by atoms with Gasteiger partial charge < -0.3 is 5.32 Å². The Morgan fingerprint density at radius 1 is 0.939 bits per heavy atom. The van der Waals surface area contributed by atoms with E-state index in [-0.39, 0.29) is 42.6 Å². The molecule has 9 heteroatoms. The number of imide groups is 1. The summed E-state index contributed by atoms with van der Waals surface area (Å²) in [5, 5.41) is 4.40. The molecule has 1 aliphatic rings. The van der Waals surface area contributed by atoms with Gasteiger partial charge in [-0.15, -0.1) is 0 Å². The zero-order chi connectivity index (χ0) is 23.6. The first-order valence-electron chi connectivity index (χ1n) is 10.4. The van der Waals surface area contributed by atoms with Crippen LogP contribution in [-0.4, -0.2) is 48.9 Å². The molecule has 33 heavy (non-hydrogen) atoms. The van der Waals surface area contributed by atoms with E-state index >= 15 is 0 Å². The molecule has 1 aliphatic heterocycles. The minimum Gasteiger partial charge on any atom is -0.325 e. The molecule has 1 N–H and O–H groups in total. The second-order valence-electron chi connectivity index (χ2n) is 7.89. The third-order valence-electron chi connectivity index (χ3n) is 5.53. The van der Waals surface area contributed by atoms with E-state index in [1.807, 2.05) is 24.3 Å². The number of nitrogens with zero attached hydrogens (tertiary/aromatic N) is 2. The van der Waals surface area contributed by atoms with E-state index in [1.165, 1.54) is 18.0 Å². The van der Waals surface area contributed by atoms with Crippen LogP contribution in [0.25, 0.3) is 10.8 Å². The van der Waals surface area contributed by atoms with Crippen molar-refractivity contribution < 1.29 is 22.8 Å². The second kappa shape index (κ2) is 9.13. The number of hydrogen-bond acceptors (Lipinski definition) is 5. The van der Waals surface area contributed by atoms with Gasteiger partial charge in [-0.2, -0.15) is 4.31 Å². The van der Waals surface area contributed by atoms with Crippen LogP contribution in [0.1, 0.15) is 18.4 Å². The van der Waals surface area contributed by atoms with Gasteiger partial charge in [0.05, 0.1) is 18.0 Å². The molecule has 0 aromatic heterocycles. The number of likely N-dealkylation sites (tertiary alicyclic amines) is 1. The number of nitrogens with one attached hydrogen (secondary N) is 1. The van der Waals surface area contributed by atoms with Gasteiger partial charge in [0.1, 0.15) is 0 Å². The predicted molar refractivity (Wildman–Crippen MR) is 124 cm³/mol. The Hall–Kier alpha value is -3.56. The first-order chi connectivity index (χ1) is 15.7. The van der Waals surface area contributed by atoms with Gasteiger partial charge in [0.25, 0.3) is 0 Å². The van der Waals surface area contributed by atoms with Crippen molar-refractivity contribution in [2.24, 2.45) is 0 Å². The van der Waals surface area contributed by atoms with E-state index in [9.17, 15) is 22.8 Å². The molecule has 1 saturated heterocycles. The minimum absolute atomic E-state index is 0.117. The molecule has 4 rings (SSSR count). The van der Waals surface area contributed by atoms with Gasteiger partial charge in [0.2, 0.25) is 27.7 Å². The van der Waals surface area contributed by atoms with Crippen molar-refractivity contribution in [3.05, 3.63) is 72.3 Å². The summed E-state index contributed by atoms with van der Waals surface area (Å²) < 4.78 is 26.8. The summed E-state index contributed by atoms with van der Waals surface area (Å²) in [5.41, 5.74) is 1.24.